The van der Waals surface area contributed by atoms with E-state index in [1.54, 1.807) is 6.07 Å². The van der Waals surface area contributed by atoms with Gasteiger partial charge in [0.1, 0.15) is 10.6 Å². The number of nitrogens with two attached hydrogens (primary N) is 1. The quantitative estimate of drug-likeness (QED) is 0.855. The molecular weight excluding hydrogens is 324 g/mol. The maximum Gasteiger partial charge on any atom is 0.244 e. The highest BCUT2D eigenvalue weighted by Crippen LogP contribution is 2.34. The topological polar surface area (TPSA) is 81.4 Å². The van der Waals surface area contributed by atoms with Crippen LogP contribution in [0, 0.1) is 13.8 Å². The summed E-state index contributed by atoms with van der Waals surface area (Å²) in [5.74, 6) is 0.401. The normalized spacial score (nSPS) is 17.1. The van der Waals surface area contributed by atoms with Gasteiger partial charge in [0.15, 0.2) is 0 Å². The maximum atomic E-state index is 12.8. The number of sulfonamides is 1. The number of methoxy groups -OCH3 is 1. The zero-order valence-corrected chi connectivity index (χ0v) is 14.9. The smallest absolute Gasteiger partial charge is 0.244 e. The van der Waals surface area contributed by atoms with E-state index in [1.165, 1.54) is 7.11 Å². The first-order chi connectivity index (χ1) is 9.83. The predicted molar refractivity (Wildman–Crippen MR) is 90.3 cm³/mol. The molecular formula is C15H25ClN2O3S. The maximum absolute atomic E-state index is 12.8. The largest absolute Gasteiger partial charge is 0.495 e. The summed E-state index contributed by atoms with van der Waals surface area (Å²) in [5.41, 5.74) is 7.02. The third-order valence-corrected chi connectivity index (χ3v) is 5.76. The molecule has 1 aliphatic carbocycles. The fourth-order valence-corrected chi connectivity index (χ4v) is 4.91. The SMILES string of the molecule is COc1c(C)cc(C)cc1S(=O)(=O)NC1(CN)CCCC1.Cl. The molecule has 1 fully saturated rings. The molecule has 126 valence electrons. The third kappa shape index (κ3) is 3.74. The molecule has 0 saturated heterocycles. The fourth-order valence-electron chi connectivity index (χ4n) is 3.12. The van der Waals surface area contributed by atoms with Crippen LogP contribution in [0.25, 0.3) is 0 Å². The lowest BCUT2D eigenvalue weighted by Gasteiger charge is -2.28. The fraction of sp³-hybridized carbons (Fsp3) is 0.600. The Morgan fingerprint density at radius 2 is 1.86 bits per heavy atom. The minimum Gasteiger partial charge on any atom is -0.495 e. The molecule has 3 N–H and O–H groups in total. The Morgan fingerprint density at radius 3 is 2.36 bits per heavy atom. The van der Waals surface area contributed by atoms with Crippen molar-refractivity contribution in [3.63, 3.8) is 0 Å². The summed E-state index contributed by atoms with van der Waals surface area (Å²) in [5, 5.41) is 0. The van der Waals surface area contributed by atoms with Gasteiger partial charge in [-0.1, -0.05) is 18.9 Å². The van der Waals surface area contributed by atoms with Crippen molar-refractivity contribution < 1.29 is 13.2 Å². The Labute approximate surface area is 139 Å². The lowest BCUT2D eigenvalue weighted by Crippen LogP contribution is -2.51. The van der Waals surface area contributed by atoms with E-state index in [2.05, 4.69) is 4.72 Å². The number of hydrogen-bond donors (Lipinski definition) is 2. The molecule has 0 atom stereocenters. The minimum absolute atomic E-state index is 0. The highest BCUT2D eigenvalue weighted by atomic mass is 35.5. The van der Waals surface area contributed by atoms with Crippen LogP contribution in [0.3, 0.4) is 0 Å². The number of rotatable bonds is 5. The van der Waals surface area contributed by atoms with E-state index in [-0.39, 0.29) is 17.3 Å². The number of hydrogen-bond acceptors (Lipinski definition) is 4. The molecule has 1 aromatic rings. The first-order valence-corrected chi connectivity index (χ1v) is 8.71. The summed E-state index contributed by atoms with van der Waals surface area (Å²) in [4.78, 5) is 0.197. The van der Waals surface area contributed by atoms with Gasteiger partial charge in [0, 0.05) is 12.1 Å². The number of benzene rings is 1. The van der Waals surface area contributed by atoms with Crippen molar-refractivity contribution in [3.05, 3.63) is 23.3 Å². The summed E-state index contributed by atoms with van der Waals surface area (Å²) < 4.78 is 33.7. The Morgan fingerprint density at radius 1 is 1.27 bits per heavy atom. The minimum atomic E-state index is -3.66. The summed E-state index contributed by atoms with van der Waals surface area (Å²) >= 11 is 0. The Kier molecular flexibility index (Phi) is 6.27. The van der Waals surface area contributed by atoms with Crippen LogP contribution in [0.1, 0.15) is 36.8 Å². The number of nitrogens with one attached hydrogen (secondary N) is 1. The van der Waals surface area contributed by atoms with Crippen LogP contribution in [0.5, 0.6) is 5.75 Å². The highest BCUT2D eigenvalue weighted by molar-refractivity contribution is 7.89. The zero-order valence-electron chi connectivity index (χ0n) is 13.3. The van der Waals surface area contributed by atoms with Gasteiger partial charge in [-0.3, -0.25) is 0 Å². The second kappa shape index (κ2) is 7.17. The number of halogens is 1. The molecule has 22 heavy (non-hydrogen) atoms. The molecule has 1 aromatic carbocycles. The molecule has 0 radical (unpaired) electrons. The summed E-state index contributed by atoms with van der Waals surface area (Å²) in [6.45, 7) is 4.04. The van der Waals surface area contributed by atoms with Gasteiger partial charge >= 0.3 is 0 Å². The van der Waals surface area contributed by atoms with Crippen LogP contribution in [-0.2, 0) is 10.0 Å². The van der Waals surface area contributed by atoms with E-state index in [1.807, 2.05) is 19.9 Å². The van der Waals surface area contributed by atoms with Crippen molar-refractivity contribution in [2.75, 3.05) is 13.7 Å². The van der Waals surface area contributed by atoms with Gasteiger partial charge in [0.25, 0.3) is 0 Å². The second-order valence-corrected chi connectivity index (χ2v) is 7.56. The van der Waals surface area contributed by atoms with Crippen molar-refractivity contribution in [2.24, 2.45) is 5.73 Å². The molecule has 0 spiro atoms. The van der Waals surface area contributed by atoms with E-state index in [4.69, 9.17) is 10.5 Å². The van der Waals surface area contributed by atoms with Crippen LogP contribution in [0.2, 0.25) is 0 Å². The van der Waals surface area contributed by atoms with Gasteiger partial charge in [-0.2, -0.15) is 0 Å². The molecule has 0 heterocycles. The van der Waals surface area contributed by atoms with Gasteiger partial charge < -0.3 is 10.5 Å². The highest BCUT2D eigenvalue weighted by Gasteiger charge is 2.37. The van der Waals surface area contributed by atoms with E-state index >= 15 is 0 Å². The van der Waals surface area contributed by atoms with Crippen molar-refractivity contribution >= 4 is 22.4 Å². The molecule has 0 aromatic heterocycles. The number of ether oxygens (including phenoxy) is 1. The van der Waals surface area contributed by atoms with E-state index < -0.39 is 15.6 Å². The predicted octanol–water partition coefficient (Wildman–Crippen LogP) is 2.28. The van der Waals surface area contributed by atoms with Crippen LogP contribution in [-0.4, -0.2) is 27.6 Å². The van der Waals surface area contributed by atoms with Crippen LogP contribution < -0.4 is 15.2 Å². The Bertz CT molecular complexity index is 626. The van der Waals surface area contributed by atoms with Gasteiger partial charge in [-0.05, 0) is 43.9 Å². The summed E-state index contributed by atoms with van der Waals surface area (Å²) in [7, 11) is -2.17. The van der Waals surface area contributed by atoms with Gasteiger partial charge in [-0.15, -0.1) is 12.4 Å². The van der Waals surface area contributed by atoms with E-state index in [9.17, 15) is 8.42 Å². The Balaban J connectivity index is 0.00000242. The lowest BCUT2D eigenvalue weighted by atomic mass is 10.0. The molecule has 5 nitrogen and oxygen atoms in total. The zero-order chi connectivity index (χ0) is 15.7. The molecule has 1 aliphatic rings. The second-order valence-electron chi connectivity index (χ2n) is 5.91. The van der Waals surface area contributed by atoms with Gasteiger partial charge in [0.2, 0.25) is 10.0 Å². The molecule has 7 heteroatoms. The summed E-state index contributed by atoms with van der Waals surface area (Å²) in [6.07, 6.45) is 3.58. The van der Waals surface area contributed by atoms with Crippen molar-refractivity contribution in [1.29, 1.82) is 0 Å². The van der Waals surface area contributed by atoms with E-state index in [0.29, 0.717) is 12.3 Å². The van der Waals surface area contributed by atoms with Crippen LogP contribution >= 0.6 is 12.4 Å². The first-order valence-electron chi connectivity index (χ1n) is 7.23. The average molecular weight is 349 g/mol. The molecule has 2 rings (SSSR count). The van der Waals surface area contributed by atoms with Crippen LogP contribution in [0.15, 0.2) is 17.0 Å². The lowest BCUT2D eigenvalue weighted by molar-refractivity contribution is 0.387. The van der Waals surface area contributed by atoms with Gasteiger partial charge in [0.05, 0.1) is 7.11 Å². The third-order valence-electron chi connectivity index (χ3n) is 4.18. The molecule has 0 amide bonds. The van der Waals surface area contributed by atoms with Crippen molar-refractivity contribution in [3.8, 4) is 5.75 Å². The molecule has 0 aliphatic heterocycles. The Hall–Kier alpha value is -0.820. The molecule has 0 unspecified atom stereocenters. The van der Waals surface area contributed by atoms with Crippen molar-refractivity contribution in [2.45, 2.75) is 50.0 Å². The molecule has 0 bridgehead atoms. The van der Waals surface area contributed by atoms with Crippen molar-refractivity contribution in [1.82, 2.24) is 4.72 Å². The monoisotopic (exact) mass is 348 g/mol. The van der Waals surface area contributed by atoms with Gasteiger partial charge in [-0.25, -0.2) is 13.1 Å². The number of aryl methyl sites for hydroxylation is 2. The van der Waals surface area contributed by atoms with Crippen LogP contribution in [0.4, 0.5) is 0 Å². The average Bonchev–Trinajstić information content (AvgIpc) is 2.86. The molecule has 1 saturated carbocycles. The van der Waals surface area contributed by atoms with E-state index in [0.717, 1.165) is 36.8 Å². The first kappa shape index (κ1) is 19.2. The summed E-state index contributed by atoms with van der Waals surface area (Å²) in [6, 6.07) is 3.56. The standard InChI is InChI=1S/C15H24N2O3S.ClH/c1-11-8-12(2)14(20-3)13(9-11)21(18,19)17-15(10-16)6-4-5-7-15;/h8-9,17H,4-7,10,16H2,1-3H3;1H.